The number of benzene rings is 1. The molecule has 1 aromatic rings. The number of ether oxygens (including phenoxy) is 3. The third-order valence-corrected chi connectivity index (χ3v) is 12.6. The Morgan fingerprint density at radius 2 is 1.38 bits per heavy atom. The molecule has 0 aliphatic heterocycles. The fourth-order valence-corrected chi connectivity index (χ4v) is 6.35. The van der Waals surface area contributed by atoms with E-state index in [1.807, 2.05) is 0 Å². The summed E-state index contributed by atoms with van der Waals surface area (Å²) in [5, 5.41) is 0.278. The highest BCUT2D eigenvalue weighted by atomic mass is 16.5. The van der Waals surface area contributed by atoms with Gasteiger partial charge in [0.2, 0.25) is 0 Å². The normalized spacial score (nSPS) is 18.9. The predicted molar refractivity (Wildman–Crippen MR) is 207 cm³/mol. The van der Waals surface area contributed by atoms with Crippen molar-refractivity contribution in [2.75, 3.05) is 6.61 Å². The molecule has 0 N–H and O–H groups in total. The molecule has 4 heteroatoms. The third-order valence-electron chi connectivity index (χ3n) is 12.6. The summed E-state index contributed by atoms with van der Waals surface area (Å²) in [5.74, 6) is 2.33. The summed E-state index contributed by atoms with van der Waals surface area (Å²) in [7, 11) is 1.12. The second-order valence-corrected chi connectivity index (χ2v) is 18.5. The summed E-state index contributed by atoms with van der Waals surface area (Å²) in [6.45, 7) is 39.8. The maximum atomic E-state index is 7.04. The van der Waals surface area contributed by atoms with E-state index >= 15 is 0 Å². The SMILES string of the molecule is CCC(CC(C)(C)C(C)(C)OCC(C)C(C)(C)OC1=CC(C(C)c2ccccc2)C=CC=C1)OC(C)(C)C(C)(C)BC(C)(C)C(C)C. The first-order chi connectivity index (χ1) is 21.4. The lowest BCUT2D eigenvalue weighted by Crippen LogP contribution is -2.49. The molecule has 0 fully saturated rings. The molecule has 0 saturated carbocycles. The maximum absolute atomic E-state index is 7.04. The van der Waals surface area contributed by atoms with Gasteiger partial charge < -0.3 is 14.2 Å². The Balaban J connectivity index is 2.09. The highest BCUT2D eigenvalue weighted by molar-refractivity contribution is 6.44. The van der Waals surface area contributed by atoms with Crippen LogP contribution in [0.4, 0.5) is 0 Å². The quantitative estimate of drug-likeness (QED) is 0.148. The van der Waals surface area contributed by atoms with Crippen LogP contribution in [0.2, 0.25) is 10.6 Å². The highest BCUT2D eigenvalue weighted by Gasteiger charge is 2.47. The summed E-state index contributed by atoms with van der Waals surface area (Å²) < 4.78 is 20.6. The van der Waals surface area contributed by atoms with Crippen molar-refractivity contribution in [2.45, 2.75) is 170 Å². The topological polar surface area (TPSA) is 27.7 Å². The van der Waals surface area contributed by atoms with Crippen molar-refractivity contribution in [2.24, 2.45) is 23.2 Å². The fourth-order valence-electron chi connectivity index (χ4n) is 6.35. The van der Waals surface area contributed by atoms with E-state index in [2.05, 4.69) is 178 Å². The van der Waals surface area contributed by atoms with Crippen molar-refractivity contribution in [3.8, 4) is 0 Å². The zero-order chi connectivity index (χ0) is 36.1. The van der Waals surface area contributed by atoms with Gasteiger partial charge in [0, 0.05) is 11.8 Å². The van der Waals surface area contributed by atoms with Crippen LogP contribution >= 0.6 is 0 Å². The Morgan fingerprint density at radius 1 is 0.787 bits per heavy atom. The first-order valence-electron chi connectivity index (χ1n) is 18.5. The van der Waals surface area contributed by atoms with E-state index in [4.69, 9.17) is 14.2 Å². The van der Waals surface area contributed by atoms with Crippen LogP contribution in [-0.2, 0) is 14.2 Å². The Morgan fingerprint density at radius 3 is 1.94 bits per heavy atom. The smallest absolute Gasteiger partial charge is 0.137 e. The van der Waals surface area contributed by atoms with Crippen LogP contribution < -0.4 is 0 Å². The van der Waals surface area contributed by atoms with Gasteiger partial charge in [-0.1, -0.05) is 130 Å². The first kappa shape index (κ1) is 41.4. The van der Waals surface area contributed by atoms with Crippen LogP contribution in [0.25, 0.3) is 0 Å². The average molecular weight is 649 g/mol. The molecular formula is C43H73BO3. The molecule has 1 aromatic carbocycles. The molecule has 0 spiro atoms. The monoisotopic (exact) mass is 649 g/mol. The lowest BCUT2D eigenvalue weighted by molar-refractivity contribution is -0.159. The summed E-state index contributed by atoms with van der Waals surface area (Å²) in [4.78, 5) is 0. The van der Waals surface area contributed by atoms with Gasteiger partial charge in [0.15, 0.2) is 0 Å². The number of allylic oxidation sites excluding steroid dienone is 5. The minimum atomic E-state index is -0.407. The Labute approximate surface area is 292 Å². The molecule has 0 aromatic heterocycles. The second kappa shape index (κ2) is 15.8. The van der Waals surface area contributed by atoms with Gasteiger partial charge in [-0.3, -0.25) is 0 Å². The van der Waals surface area contributed by atoms with Crippen LogP contribution in [0.1, 0.15) is 142 Å². The lowest BCUT2D eigenvalue weighted by atomic mass is 9.35. The molecule has 3 nitrogen and oxygen atoms in total. The van der Waals surface area contributed by atoms with Gasteiger partial charge in [0.1, 0.15) is 18.6 Å². The fraction of sp³-hybridized carbons (Fsp3) is 0.721. The van der Waals surface area contributed by atoms with Crippen LogP contribution in [0, 0.1) is 23.2 Å². The number of hydrogen-bond acceptors (Lipinski definition) is 3. The molecule has 47 heavy (non-hydrogen) atoms. The molecule has 0 radical (unpaired) electrons. The minimum absolute atomic E-state index is 0.0308. The molecule has 266 valence electrons. The highest BCUT2D eigenvalue weighted by Crippen LogP contribution is 2.50. The van der Waals surface area contributed by atoms with Crippen LogP contribution in [-0.4, -0.2) is 36.8 Å². The van der Waals surface area contributed by atoms with E-state index in [-0.39, 0.29) is 45.2 Å². The number of hydrogen-bond donors (Lipinski definition) is 0. The van der Waals surface area contributed by atoms with Crippen molar-refractivity contribution >= 4 is 7.28 Å². The Kier molecular flexibility index (Phi) is 14.0. The predicted octanol–water partition coefficient (Wildman–Crippen LogP) is 12.1. The molecule has 0 heterocycles. The van der Waals surface area contributed by atoms with E-state index in [1.165, 1.54) is 5.56 Å². The molecule has 0 amide bonds. The Hall–Kier alpha value is -1.78. The van der Waals surface area contributed by atoms with Crippen molar-refractivity contribution in [1.29, 1.82) is 0 Å². The standard InChI is InChI=1S/C43H73BO3/c1-18-36(47-43(16,17)41(12,13)44-39(8,9)31(2)3)29-38(6,7)42(14,15)45-30-32(4)40(10,11)46-37-27-23-22-26-35(28-37)33(5)34-24-20-19-21-25-34/h19-28,31-33,35-36,44H,18,29-30H2,1-17H3. The van der Waals surface area contributed by atoms with Gasteiger partial charge in [0.25, 0.3) is 0 Å². The second-order valence-electron chi connectivity index (χ2n) is 18.5. The molecule has 4 atom stereocenters. The Bertz CT molecular complexity index is 1200. The van der Waals surface area contributed by atoms with Crippen molar-refractivity contribution in [3.05, 3.63) is 72.0 Å². The van der Waals surface area contributed by atoms with Gasteiger partial charge in [-0.25, -0.2) is 0 Å². The summed E-state index contributed by atoms with van der Waals surface area (Å²) in [6, 6.07) is 10.7. The van der Waals surface area contributed by atoms with E-state index in [0.29, 0.717) is 18.4 Å². The van der Waals surface area contributed by atoms with Crippen molar-refractivity contribution in [3.63, 3.8) is 0 Å². The average Bonchev–Trinajstić information content (AvgIpc) is 3.19. The van der Waals surface area contributed by atoms with E-state index in [1.54, 1.807) is 0 Å². The molecule has 2 rings (SSSR count). The van der Waals surface area contributed by atoms with Crippen molar-refractivity contribution in [1.82, 2.24) is 0 Å². The molecule has 4 unspecified atom stereocenters. The van der Waals surface area contributed by atoms with Crippen LogP contribution in [0.5, 0.6) is 0 Å². The zero-order valence-corrected chi connectivity index (χ0v) is 33.7. The number of rotatable bonds is 18. The van der Waals surface area contributed by atoms with E-state index in [9.17, 15) is 0 Å². The van der Waals surface area contributed by atoms with Gasteiger partial charge >= 0.3 is 0 Å². The lowest BCUT2D eigenvalue weighted by Gasteiger charge is -2.49. The van der Waals surface area contributed by atoms with E-state index in [0.717, 1.165) is 25.9 Å². The maximum Gasteiger partial charge on any atom is 0.137 e. The minimum Gasteiger partial charge on any atom is -0.488 e. The van der Waals surface area contributed by atoms with Gasteiger partial charge in [-0.2, -0.15) is 0 Å². The summed E-state index contributed by atoms with van der Waals surface area (Å²) in [5.41, 5.74) is 0.217. The van der Waals surface area contributed by atoms with Crippen molar-refractivity contribution < 1.29 is 14.2 Å². The van der Waals surface area contributed by atoms with Crippen LogP contribution in [0.15, 0.2) is 66.5 Å². The van der Waals surface area contributed by atoms with Crippen LogP contribution in [0.3, 0.4) is 0 Å². The summed E-state index contributed by atoms with van der Waals surface area (Å²) >= 11 is 0. The molecule has 1 aliphatic rings. The molecule has 0 saturated heterocycles. The van der Waals surface area contributed by atoms with Gasteiger partial charge in [-0.15, -0.1) is 0 Å². The third kappa shape index (κ3) is 11.1. The molecule has 1 aliphatic carbocycles. The van der Waals surface area contributed by atoms with Gasteiger partial charge in [-0.05, 0) is 94.7 Å². The summed E-state index contributed by atoms with van der Waals surface area (Å²) in [6.07, 6.45) is 12.9. The van der Waals surface area contributed by atoms with E-state index < -0.39 is 5.60 Å². The first-order valence-corrected chi connectivity index (χ1v) is 18.5. The van der Waals surface area contributed by atoms with Gasteiger partial charge in [0.05, 0.1) is 23.9 Å². The molecule has 0 bridgehead atoms. The zero-order valence-electron chi connectivity index (χ0n) is 33.7. The largest absolute Gasteiger partial charge is 0.488 e. The molecular weight excluding hydrogens is 575 g/mol.